The van der Waals surface area contributed by atoms with Crippen molar-refractivity contribution < 1.29 is 13.7 Å². The number of nitrogens with zero attached hydrogens (tertiary/aromatic N) is 2. The monoisotopic (exact) mass is 316 g/mol. The zero-order chi connectivity index (χ0) is 16.8. The second-order valence-electron chi connectivity index (χ2n) is 7.06. The van der Waals surface area contributed by atoms with Crippen molar-refractivity contribution in [2.45, 2.75) is 52.4 Å². The summed E-state index contributed by atoms with van der Waals surface area (Å²) in [6.07, 6.45) is 1.76. The van der Waals surface area contributed by atoms with Crippen molar-refractivity contribution in [3.05, 3.63) is 47.5 Å². The molecule has 1 fully saturated rings. The Balaban J connectivity index is 1.96. The van der Waals surface area contributed by atoms with Crippen LogP contribution in [0.4, 0.5) is 4.39 Å². The number of aryl methyl sites for hydroxylation is 1. The van der Waals surface area contributed by atoms with Crippen LogP contribution in [-0.2, 0) is 15.9 Å². The van der Waals surface area contributed by atoms with Crippen LogP contribution >= 0.6 is 0 Å². The van der Waals surface area contributed by atoms with Gasteiger partial charge in [-0.3, -0.25) is 4.68 Å². The fourth-order valence-corrected chi connectivity index (χ4v) is 2.62. The standard InChI is InChI=1S/C17H22BFN2O2/c1-12-8-9-20-21(12)11-13-6-7-14(19)10-15(13)18-22-16(2,3)17(4,5)23-18/h6-10H,11H2,1-5H3. The first-order valence-electron chi connectivity index (χ1n) is 7.82. The molecule has 1 aromatic heterocycles. The summed E-state index contributed by atoms with van der Waals surface area (Å²) in [4.78, 5) is 0. The number of hydrogen-bond acceptors (Lipinski definition) is 3. The van der Waals surface area contributed by atoms with Crippen molar-refractivity contribution in [1.82, 2.24) is 9.78 Å². The molecule has 3 rings (SSSR count). The van der Waals surface area contributed by atoms with E-state index < -0.39 is 18.3 Å². The van der Waals surface area contributed by atoms with Gasteiger partial charge in [0.25, 0.3) is 0 Å². The zero-order valence-electron chi connectivity index (χ0n) is 14.3. The molecule has 2 heterocycles. The van der Waals surface area contributed by atoms with E-state index in [0.717, 1.165) is 16.7 Å². The molecule has 0 unspecified atom stereocenters. The lowest BCUT2D eigenvalue weighted by Crippen LogP contribution is -2.41. The third kappa shape index (κ3) is 2.93. The maximum absolute atomic E-state index is 13.8. The molecule has 4 nitrogen and oxygen atoms in total. The zero-order valence-corrected chi connectivity index (χ0v) is 14.3. The molecule has 0 radical (unpaired) electrons. The van der Waals surface area contributed by atoms with Crippen molar-refractivity contribution in [1.29, 1.82) is 0 Å². The van der Waals surface area contributed by atoms with Gasteiger partial charge in [0.1, 0.15) is 5.82 Å². The number of rotatable bonds is 3. The summed E-state index contributed by atoms with van der Waals surface area (Å²) < 4.78 is 27.8. The van der Waals surface area contributed by atoms with Gasteiger partial charge in [0, 0.05) is 11.9 Å². The summed E-state index contributed by atoms with van der Waals surface area (Å²) in [6, 6.07) is 6.67. The van der Waals surface area contributed by atoms with Crippen LogP contribution in [0.25, 0.3) is 0 Å². The van der Waals surface area contributed by atoms with E-state index in [0.29, 0.717) is 6.54 Å². The van der Waals surface area contributed by atoms with Gasteiger partial charge in [0.05, 0.1) is 17.7 Å². The highest BCUT2D eigenvalue weighted by molar-refractivity contribution is 6.62. The minimum absolute atomic E-state index is 0.296. The molecule has 2 aromatic rings. The smallest absolute Gasteiger partial charge is 0.399 e. The summed E-state index contributed by atoms with van der Waals surface area (Å²) in [7, 11) is -0.582. The number of aromatic nitrogens is 2. The van der Waals surface area contributed by atoms with Crippen LogP contribution in [0.15, 0.2) is 30.5 Å². The van der Waals surface area contributed by atoms with Gasteiger partial charge in [-0.25, -0.2) is 4.39 Å². The number of halogens is 1. The summed E-state index contributed by atoms with van der Waals surface area (Å²) in [5.41, 5.74) is 1.80. The first-order valence-corrected chi connectivity index (χ1v) is 7.82. The molecule has 1 aliphatic rings. The van der Waals surface area contributed by atoms with Crippen LogP contribution in [0.5, 0.6) is 0 Å². The highest BCUT2D eigenvalue weighted by Crippen LogP contribution is 2.36. The Morgan fingerprint density at radius 3 is 2.35 bits per heavy atom. The van der Waals surface area contributed by atoms with E-state index in [-0.39, 0.29) is 5.82 Å². The Morgan fingerprint density at radius 1 is 1.13 bits per heavy atom. The molecule has 1 aromatic carbocycles. The summed E-state index contributed by atoms with van der Waals surface area (Å²) in [5, 5.41) is 4.30. The van der Waals surface area contributed by atoms with Gasteiger partial charge >= 0.3 is 7.12 Å². The average molecular weight is 316 g/mol. The molecular weight excluding hydrogens is 294 g/mol. The molecule has 23 heavy (non-hydrogen) atoms. The van der Waals surface area contributed by atoms with Crippen LogP contribution in [0.3, 0.4) is 0 Å². The number of benzene rings is 1. The molecule has 0 amide bonds. The lowest BCUT2D eigenvalue weighted by molar-refractivity contribution is 0.00578. The van der Waals surface area contributed by atoms with Crippen molar-refractivity contribution >= 4 is 12.6 Å². The van der Waals surface area contributed by atoms with Gasteiger partial charge in [0.2, 0.25) is 0 Å². The SMILES string of the molecule is Cc1ccnn1Cc1ccc(F)cc1B1OC(C)(C)C(C)(C)O1. The Morgan fingerprint density at radius 2 is 1.78 bits per heavy atom. The van der Waals surface area contributed by atoms with E-state index in [1.807, 2.05) is 45.4 Å². The fourth-order valence-electron chi connectivity index (χ4n) is 2.62. The third-order valence-corrected chi connectivity index (χ3v) is 4.86. The quantitative estimate of drug-likeness (QED) is 0.817. The van der Waals surface area contributed by atoms with E-state index in [1.165, 1.54) is 12.1 Å². The van der Waals surface area contributed by atoms with E-state index in [9.17, 15) is 4.39 Å². The highest BCUT2D eigenvalue weighted by atomic mass is 19.1. The Hall–Kier alpha value is -1.66. The molecule has 1 saturated heterocycles. The maximum Gasteiger partial charge on any atom is 0.495 e. The van der Waals surface area contributed by atoms with Crippen molar-refractivity contribution in [3.8, 4) is 0 Å². The van der Waals surface area contributed by atoms with Crippen LogP contribution < -0.4 is 5.46 Å². The maximum atomic E-state index is 13.8. The van der Waals surface area contributed by atoms with E-state index in [1.54, 1.807) is 12.3 Å². The minimum atomic E-state index is -0.582. The molecule has 0 aliphatic carbocycles. The lowest BCUT2D eigenvalue weighted by Gasteiger charge is -2.32. The molecule has 0 saturated carbocycles. The Bertz CT molecular complexity index is 711. The fraction of sp³-hybridized carbons (Fsp3) is 0.471. The summed E-state index contributed by atoms with van der Waals surface area (Å²) >= 11 is 0. The Labute approximate surface area is 136 Å². The first kappa shape index (κ1) is 16.2. The van der Waals surface area contributed by atoms with Crippen molar-refractivity contribution in [2.75, 3.05) is 0 Å². The minimum Gasteiger partial charge on any atom is -0.399 e. The van der Waals surface area contributed by atoms with Crippen LogP contribution in [0.2, 0.25) is 0 Å². The topological polar surface area (TPSA) is 36.3 Å². The summed E-state index contributed by atoms with van der Waals surface area (Å²) in [5.74, 6) is -0.296. The van der Waals surface area contributed by atoms with E-state index in [2.05, 4.69) is 5.10 Å². The van der Waals surface area contributed by atoms with E-state index >= 15 is 0 Å². The molecule has 122 valence electrons. The largest absolute Gasteiger partial charge is 0.495 e. The second-order valence-corrected chi connectivity index (χ2v) is 7.06. The van der Waals surface area contributed by atoms with E-state index in [4.69, 9.17) is 9.31 Å². The predicted molar refractivity (Wildman–Crippen MR) is 88.2 cm³/mol. The van der Waals surface area contributed by atoms with Crippen molar-refractivity contribution in [2.24, 2.45) is 0 Å². The van der Waals surface area contributed by atoms with Gasteiger partial charge in [-0.05, 0) is 63.8 Å². The third-order valence-electron chi connectivity index (χ3n) is 4.86. The molecule has 0 spiro atoms. The normalized spacial score (nSPS) is 19.3. The highest BCUT2D eigenvalue weighted by Gasteiger charge is 2.52. The van der Waals surface area contributed by atoms with Gasteiger partial charge in [-0.15, -0.1) is 0 Å². The van der Waals surface area contributed by atoms with Gasteiger partial charge in [0.15, 0.2) is 0 Å². The van der Waals surface area contributed by atoms with Crippen molar-refractivity contribution in [3.63, 3.8) is 0 Å². The van der Waals surface area contributed by atoms with Gasteiger partial charge < -0.3 is 9.31 Å². The Kier molecular flexibility index (Phi) is 3.85. The molecule has 1 aliphatic heterocycles. The predicted octanol–water partition coefficient (Wildman–Crippen LogP) is 2.68. The molecular formula is C17H22BFN2O2. The van der Waals surface area contributed by atoms with Crippen LogP contribution in [0.1, 0.15) is 39.0 Å². The summed E-state index contributed by atoms with van der Waals surface area (Å²) in [6.45, 7) is 10.5. The van der Waals surface area contributed by atoms with Gasteiger partial charge in [-0.1, -0.05) is 6.07 Å². The molecule has 0 bridgehead atoms. The van der Waals surface area contributed by atoms with Crippen LogP contribution in [0, 0.1) is 12.7 Å². The average Bonchev–Trinajstić information content (AvgIpc) is 2.93. The number of hydrogen-bond donors (Lipinski definition) is 0. The van der Waals surface area contributed by atoms with Gasteiger partial charge in [-0.2, -0.15) is 5.10 Å². The second kappa shape index (κ2) is 5.46. The molecule has 6 heteroatoms. The lowest BCUT2D eigenvalue weighted by atomic mass is 9.76. The van der Waals surface area contributed by atoms with Crippen LogP contribution in [-0.4, -0.2) is 28.1 Å². The molecule has 0 N–H and O–H groups in total. The molecule has 0 atom stereocenters. The first-order chi connectivity index (χ1) is 10.7.